The second kappa shape index (κ2) is 32.6. The van der Waals surface area contributed by atoms with Crippen LogP contribution in [-0.4, -0.2) is 91.1 Å². The van der Waals surface area contributed by atoms with Gasteiger partial charge in [0, 0.05) is 172 Å². The average Bonchev–Trinajstić information content (AvgIpc) is 4.19. The molecule has 25 heteroatoms. The molecule has 4 aromatic rings. The Bertz CT molecular complexity index is 2270. The van der Waals surface area contributed by atoms with E-state index in [0.717, 1.165) is 22.6 Å². The van der Waals surface area contributed by atoms with E-state index in [1.54, 1.807) is 14.2 Å². The summed E-state index contributed by atoms with van der Waals surface area (Å²) in [7, 11) is 6.11. The van der Waals surface area contributed by atoms with Crippen LogP contribution < -0.4 is 29.9 Å². The number of nitrogens with zero attached hydrogens (tertiary/aromatic N) is 8. The van der Waals surface area contributed by atoms with E-state index in [-0.39, 0.29) is 220 Å². The van der Waals surface area contributed by atoms with Gasteiger partial charge in [-0.3, -0.25) is 25.0 Å². The third-order valence-electron chi connectivity index (χ3n) is 8.27. The van der Waals surface area contributed by atoms with Gasteiger partial charge in [-0.25, -0.2) is 9.97 Å². The quantitative estimate of drug-likeness (QED) is 0.0663. The number of carbonyl (C=O) groups excluding carboxylic acids is 3. The maximum absolute atomic E-state index is 12.8. The summed E-state index contributed by atoms with van der Waals surface area (Å²) < 4.78 is 32.2. The number of ether oxygens (including phenoxy) is 6. The van der Waals surface area contributed by atoms with Crippen molar-refractivity contribution in [1.82, 2.24) is 19.9 Å². The Kier molecular flexibility index (Phi) is 32.6. The number of carbonyl (C=O) groups is 3. The van der Waals surface area contributed by atoms with Crippen LogP contribution >= 0.6 is 0 Å². The summed E-state index contributed by atoms with van der Waals surface area (Å²) >= 11 is 0. The maximum Gasteiger partial charge on any atom is 2.00 e. The van der Waals surface area contributed by atoms with Gasteiger partial charge < -0.3 is 112 Å². The van der Waals surface area contributed by atoms with Crippen molar-refractivity contribution < 1.29 is 199 Å². The fraction of sp³-hybridized carbons (Fsp3) is 0.275. The van der Waals surface area contributed by atoms with Crippen LogP contribution in [0.4, 0.5) is 32.9 Å². The number of pyridine rings is 4. The molecule has 0 aromatic carbocycles. The second-order valence-electron chi connectivity index (χ2n) is 12.1. The predicted octanol–water partition coefficient (Wildman–Crippen LogP) is 6.85. The molecule has 0 saturated heterocycles. The molecule has 2 aliphatic rings. The average molecular weight is 1770 g/mol. The van der Waals surface area contributed by atoms with E-state index < -0.39 is 18.4 Å². The molecule has 4 atom stereocenters. The normalized spacial score (nSPS) is 15.6. The summed E-state index contributed by atoms with van der Waals surface area (Å²) in [6.45, 7) is 9.72. The number of nitrogens with one attached hydrogen (secondary N) is 2. The van der Waals surface area contributed by atoms with Gasteiger partial charge in [0.15, 0.2) is 6.29 Å². The van der Waals surface area contributed by atoms with E-state index >= 15 is 0 Å². The molecule has 6 rings (SSSR count). The fourth-order valence-corrected chi connectivity index (χ4v) is 5.07. The molecular formula is C40H56N10O9U2V2W2-4. The first kappa shape index (κ1) is 65.0. The minimum Gasteiger partial charge on any atom is -0.492 e. The molecule has 0 bridgehead atoms. The van der Waals surface area contributed by atoms with Crippen LogP contribution in [-0.2, 0) is 98.2 Å². The van der Waals surface area contributed by atoms with Crippen LogP contribution in [0.2, 0.25) is 0 Å². The van der Waals surface area contributed by atoms with E-state index in [9.17, 15) is 24.9 Å². The summed E-state index contributed by atoms with van der Waals surface area (Å²) in [4.78, 5) is 54.8. The van der Waals surface area contributed by atoms with Crippen molar-refractivity contribution in [2.45, 2.75) is 43.5 Å². The van der Waals surface area contributed by atoms with Gasteiger partial charge >= 0.3 is 37.1 Å². The number of aldehydes is 1. The molecule has 2 saturated carbocycles. The molecule has 354 valence electrons. The van der Waals surface area contributed by atoms with Crippen LogP contribution in [0.15, 0.2) is 36.7 Å². The Labute approximate surface area is 492 Å². The monoisotopic (exact) mass is 1770 g/mol. The Morgan fingerprint density at radius 3 is 1.58 bits per heavy atom. The topological polar surface area (TPSA) is 236 Å². The predicted molar refractivity (Wildman–Crippen MR) is 227 cm³/mol. The number of nitriles is 2. The van der Waals surface area contributed by atoms with Crippen molar-refractivity contribution in [2.75, 3.05) is 48.9 Å². The number of aromatic nitrogens is 4. The Balaban J connectivity index is -0.0000000875. The van der Waals surface area contributed by atoms with Gasteiger partial charge in [-0.15, -0.1) is 0 Å². The van der Waals surface area contributed by atoms with Crippen molar-refractivity contribution in [3.63, 3.8) is 0 Å². The molecule has 4 unspecified atom stereocenters. The van der Waals surface area contributed by atoms with E-state index in [1.165, 1.54) is 64.0 Å². The molecule has 2 radical (unpaired) electrons. The van der Waals surface area contributed by atoms with Crippen LogP contribution in [0.1, 0.15) is 60.7 Å². The maximum atomic E-state index is 12.8. The van der Waals surface area contributed by atoms with Gasteiger partial charge in [-0.1, -0.05) is 23.0 Å². The zero-order chi connectivity index (χ0) is 42.5. The van der Waals surface area contributed by atoms with Crippen molar-refractivity contribution in [1.29, 1.82) is 10.5 Å². The fourth-order valence-electron chi connectivity index (χ4n) is 5.07. The summed E-state index contributed by atoms with van der Waals surface area (Å²) in [5.41, 5.74) is 0.855. The van der Waals surface area contributed by atoms with Gasteiger partial charge in [0.25, 0.3) is 12.1 Å². The van der Waals surface area contributed by atoms with Gasteiger partial charge in [0.2, 0.25) is 0 Å². The van der Waals surface area contributed by atoms with Crippen molar-refractivity contribution in [3.05, 3.63) is 110 Å². The second-order valence-corrected chi connectivity index (χ2v) is 12.1. The Morgan fingerprint density at radius 2 is 1.22 bits per heavy atom. The largest absolute Gasteiger partial charge is 2.00 e. The molecule has 4 heterocycles. The molecule has 0 aliphatic heterocycles. The molecule has 2 fully saturated rings. The smallest absolute Gasteiger partial charge is 0.492 e. The Hall–Kier alpha value is -2.12. The zero-order valence-corrected chi connectivity index (χ0v) is 51.9. The van der Waals surface area contributed by atoms with Crippen LogP contribution in [0.25, 0.3) is 0 Å². The molecule has 2 aliphatic carbocycles. The van der Waals surface area contributed by atoms with E-state index in [0.29, 0.717) is 23.5 Å². The number of hydrogen-bond acceptors (Lipinski definition) is 15. The number of rotatable bonds is 16. The molecule has 19 nitrogen and oxygen atoms in total. The minimum absolute atomic E-state index is 0. The molecule has 4 aromatic heterocycles. The van der Waals surface area contributed by atoms with Crippen LogP contribution in [0.5, 0.6) is 11.5 Å². The SMILES string of the molecule is [CH2-][CH-]N(C(=O)Nc1cc(OC2CC2OC)c(C#N)cn1)c1[c-]c[c-]c(C(OC)OC)n1.[CH2-][CH-]N(C(=O)Nc1cc(OC2CC2OC)c(C#N)cn1)c1[c-]c[c-]c(C=O)n1.[HH].[HH].[HH].[HH].[HH].[HH].[HH].[HH].[HH].[HH].[U].[U].[V+2].[V+2].[W].[W]. The Morgan fingerprint density at radius 1 is 0.785 bits per heavy atom. The van der Waals surface area contributed by atoms with E-state index in [4.69, 9.17) is 28.4 Å². The first-order chi connectivity index (χ1) is 28.6. The van der Waals surface area contributed by atoms with Gasteiger partial charge in [-0.2, -0.15) is 10.5 Å². The number of methoxy groups -OCH3 is 4. The molecule has 65 heavy (non-hydrogen) atoms. The van der Waals surface area contributed by atoms with Crippen molar-refractivity contribution in [3.8, 4) is 23.6 Å². The summed E-state index contributed by atoms with van der Waals surface area (Å²) in [5, 5.41) is 23.7. The minimum atomic E-state index is -0.749. The number of urea groups is 2. The standard InChI is InChI=1S/C21H21N5O5.C19H15N5O4.2U.2V.2W.10H2/c1-5-26(19-8-6-7-14(24-19)20(29-3)30-4)21(27)25-18-10-15(13(11-22)12-23-18)31-17-9-16(17)28-2;1-3-24(18-6-4-5-13(11-25)22-18)19(26)23-17-8-14(12(9-20)10-21-17)28-16-7-15(16)27-2;;;;;;;;;;;;;;;;/h5-6,10,12,16-17,20H,1,9H2,2-4H3,(H,23,25,27);3-4,8,10-11,15-16H,1,7H2,2H3,(H,21,23,26);;;;;;;10*1H/q2*-4;;;2*+2;;;;;;;;;;;;. The van der Waals surface area contributed by atoms with E-state index in [1.807, 2.05) is 12.1 Å². The summed E-state index contributed by atoms with van der Waals surface area (Å²) in [6, 6.07) is 19.5. The van der Waals surface area contributed by atoms with Gasteiger partial charge in [0.05, 0.1) is 24.6 Å². The zero-order valence-electron chi connectivity index (χ0n) is 34.9. The third-order valence-corrected chi connectivity index (χ3v) is 8.27. The van der Waals surface area contributed by atoms with Crippen molar-refractivity contribution in [2.24, 2.45) is 0 Å². The van der Waals surface area contributed by atoms with Crippen molar-refractivity contribution >= 4 is 41.6 Å². The summed E-state index contributed by atoms with van der Waals surface area (Å²) in [6.07, 6.45) is 3.54. The first-order valence-electron chi connectivity index (χ1n) is 17.4. The molecular weight excluding hydrogens is 1710 g/mol. The third kappa shape index (κ3) is 18.4. The summed E-state index contributed by atoms with van der Waals surface area (Å²) in [5.74, 6) is 1.19. The number of anilines is 4. The first-order valence-corrected chi connectivity index (χ1v) is 17.4. The molecule has 2 N–H and O–H groups in total. The molecule has 0 spiro atoms. The number of amides is 4. The molecule has 4 amide bonds. The van der Waals surface area contributed by atoms with Gasteiger partial charge in [0.1, 0.15) is 64.9 Å². The van der Waals surface area contributed by atoms with E-state index in [2.05, 4.69) is 68.7 Å². The number of hydrogen-bond donors (Lipinski definition) is 2. The van der Waals surface area contributed by atoms with Crippen LogP contribution in [0.3, 0.4) is 0 Å². The van der Waals surface area contributed by atoms with Crippen LogP contribution in [0, 0.1) is 136 Å². The van der Waals surface area contributed by atoms with Gasteiger partial charge in [-0.05, 0) is 0 Å².